The minimum absolute atomic E-state index is 0.579. The van der Waals surface area contributed by atoms with E-state index in [0.29, 0.717) is 6.04 Å². The average Bonchev–Trinajstić information content (AvgIpc) is 2.48. The molecule has 0 aromatic heterocycles. The first-order valence-corrected chi connectivity index (χ1v) is 8.94. The van der Waals surface area contributed by atoms with Crippen LogP contribution in [-0.4, -0.2) is 11.8 Å². The first-order valence-electron chi connectivity index (χ1n) is 7.78. The summed E-state index contributed by atoms with van der Waals surface area (Å²) in [6.45, 7) is 2.35. The van der Waals surface area contributed by atoms with E-state index in [9.17, 15) is 0 Å². The molecule has 104 valence electrons. The Morgan fingerprint density at radius 1 is 1.26 bits per heavy atom. The normalized spacial score (nSPS) is 30.9. The van der Waals surface area contributed by atoms with Crippen molar-refractivity contribution in [1.82, 2.24) is 5.32 Å². The van der Waals surface area contributed by atoms with E-state index in [1.165, 1.54) is 43.6 Å². The van der Waals surface area contributed by atoms with Gasteiger partial charge in [-0.1, -0.05) is 50.5 Å². The van der Waals surface area contributed by atoms with Gasteiger partial charge in [-0.25, -0.2) is 0 Å². The molecule has 3 rings (SSSR count). The molecule has 1 nitrogen and oxygen atoms in total. The van der Waals surface area contributed by atoms with Crippen LogP contribution in [-0.2, 0) is 5.75 Å². The fraction of sp³-hybridized carbons (Fsp3) is 0.647. The van der Waals surface area contributed by atoms with Gasteiger partial charge in [0.25, 0.3) is 0 Å². The topological polar surface area (TPSA) is 12.0 Å². The molecule has 0 radical (unpaired) electrons. The highest BCUT2D eigenvalue weighted by Crippen LogP contribution is 2.34. The maximum absolute atomic E-state index is 3.96. The molecule has 0 amide bonds. The van der Waals surface area contributed by atoms with Crippen molar-refractivity contribution in [1.29, 1.82) is 0 Å². The predicted octanol–water partition coefficient (Wildman–Crippen LogP) is 4.53. The summed E-state index contributed by atoms with van der Waals surface area (Å²) in [5.41, 5.74) is 3.10. The van der Waals surface area contributed by atoms with Crippen LogP contribution < -0.4 is 5.32 Å². The summed E-state index contributed by atoms with van der Waals surface area (Å²) in [6, 6.07) is 10.3. The molecule has 1 aromatic carbocycles. The molecule has 1 saturated carbocycles. The number of thioether (sulfide) groups is 1. The lowest BCUT2D eigenvalue weighted by Gasteiger charge is -2.34. The lowest BCUT2D eigenvalue weighted by molar-refractivity contribution is 0.266. The minimum Gasteiger partial charge on any atom is -0.306 e. The molecule has 1 aromatic rings. The molecular formula is C17H25NS. The molecule has 2 aliphatic rings. The summed E-state index contributed by atoms with van der Waals surface area (Å²) in [4.78, 5) is 0. The van der Waals surface area contributed by atoms with Crippen LogP contribution in [0.3, 0.4) is 0 Å². The zero-order chi connectivity index (χ0) is 13.1. The van der Waals surface area contributed by atoms with Crippen LogP contribution in [0.2, 0.25) is 0 Å². The van der Waals surface area contributed by atoms with Crippen molar-refractivity contribution >= 4 is 11.8 Å². The third-order valence-corrected chi connectivity index (χ3v) is 5.85. The summed E-state index contributed by atoms with van der Waals surface area (Å²) in [5, 5.41) is 3.96. The second kappa shape index (κ2) is 6.32. The van der Waals surface area contributed by atoms with E-state index in [1.807, 2.05) is 0 Å². The van der Waals surface area contributed by atoms with E-state index >= 15 is 0 Å². The Labute approximate surface area is 121 Å². The quantitative estimate of drug-likeness (QED) is 0.869. The van der Waals surface area contributed by atoms with Crippen LogP contribution >= 0.6 is 11.8 Å². The maximum Gasteiger partial charge on any atom is 0.0417 e. The highest BCUT2D eigenvalue weighted by Gasteiger charge is 2.26. The average molecular weight is 275 g/mol. The van der Waals surface area contributed by atoms with Crippen LogP contribution in [0.15, 0.2) is 24.3 Å². The van der Waals surface area contributed by atoms with Gasteiger partial charge in [0, 0.05) is 23.6 Å². The zero-order valence-corrected chi connectivity index (χ0v) is 12.7. The minimum atomic E-state index is 0.579. The van der Waals surface area contributed by atoms with E-state index in [0.717, 1.165) is 12.0 Å². The molecule has 19 heavy (non-hydrogen) atoms. The first kappa shape index (κ1) is 13.5. The third kappa shape index (κ3) is 3.17. The van der Waals surface area contributed by atoms with E-state index in [-0.39, 0.29) is 0 Å². The standard InChI is InChI=1S/C17H25NS/c1-2-13-6-5-8-15(10-13)18-17-12-19-11-14-7-3-4-9-16(14)17/h3-4,7,9,13,15,17-18H,2,5-6,8,10-12H2,1H3. The van der Waals surface area contributed by atoms with Crippen molar-refractivity contribution < 1.29 is 0 Å². The van der Waals surface area contributed by atoms with Crippen LogP contribution in [0.4, 0.5) is 0 Å². The van der Waals surface area contributed by atoms with Crippen LogP contribution in [0.5, 0.6) is 0 Å². The summed E-state index contributed by atoms with van der Waals surface area (Å²) >= 11 is 2.08. The number of fused-ring (bicyclic) bond motifs is 1. The van der Waals surface area contributed by atoms with Gasteiger partial charge in [0.05, 0.1) is 0 Å². The summed E-state index contributed by atoms with van der Waals surface area (Å²) in [7, 11) is 0. The molecule has 0 bridgehead atoms. The van der Waals surface area contributed by atoms with Gasteiger partial charge in [-0.2, -0.15) is 11.8 Å². The van der Waals surface area contributed by atoms with E-state index in [2.05, 4.69) is 48.3 Å². The predicted molar refractivity (Wildman–Crippen MR) is 84.5 cm³/mol. The molecule has 2 heteroatoms. The van der Waals surface area contributed by atoms with Gasteiger partial charge in [0.15, 0.2) is 0 Å². The fourth-order valence-electron chi connectivity index (χ4n) is 3.62. The Balaban J connectivity index is 1.67. The molecule has 0 spiro atoms. The van der Waals surface area contributed by atoms with Crippen molar-refractivity contribution in [3.63, 3.8) is 0 Å². The number of rotatable bonds is 3. The molecular weight excluding hydrogens is 250 g/mol. The molecule has 0 saturated heterocycles. The Kier molecular flexibility index (Phi) is 4.49. The molecule has 1 aliphatic heterocycles. The highest BCUT2D eigenvalue weighted by molar-refractivity contribution is 7.98. The Hall–Kier alpha value is -0.470. The molecule has 1 aliphatic carbocycles. The van der Waals surface area contributed by atoms with Gasteiger partial charge < -0.3 is 5.32 Å². The second-order valence-electron chi connectivity index (χ2n) is 6.07. The number of benzene rings is 1. The lowest BCUT2D eigenvalue weighted by atomic mass is 9.83. The maximum atomic E-state index is 3.96. The third-order valence-electron chi connectivity index (χ3n) is 4.77. The van der Waals surface area contributed by atoms with Gasteiger partial charge >= 0.3 is 0 Å². The summed E-state index contributed by atoms with van der Waals surface area (Å²) in [6.07, 6.45) is 6.98. The van der Waals surface area contributed by atoms with Crippen molar-refractivity contribution in [3.8, 4) is 0 Å². The van der Waals surface area contributed by atoms with Crippen LogP contribution in [0.25, 0.3) is 0 Å². The van der Waals surface area contributed by atoms with Crippen molar-refractivity contribution in [2.24, 2.45) is 5.92 Å². The van der Waals surface area contributed by atoms with E-state index in [4.69, 9.17) is 0 Å². The molecule has 1 heterocycles. The molecule has 3 unspecified atom stereocenters. The van der Waals surface area contributed by atoms with Gasteiger partial charge in [-0.3, -0.25) is 0 Å². The van der Waals surface area contributed by atoms with Crippen molar-refractivity contribution in [3.05, 3.63) is 35.4 Å². The van der Waals surface area contributed by atoms with Gasteiger partial charge in [0.1, 0.15) is 0 Å². The smallest absolute Gasteiger partial charge is 0.0417 e. The fourth-order valence-corrected chi connectivity index (χ4v) is 4.73. The first-order chi connectivity index (χ1) is 9.36. The molecule has 1 N–H and O–H groups in total. The lowest BCUT2D eigenvalue weighted by Crippen LogP contribution is -2.38. The van der Waals surface area contributed by atoms with E-state index < -0.39 is 0 Å². The SMILES string of the molecule is CCC1CCCC(NC2CSCc3ccccc32)C1. The highest BCUT2D eigenvalue weighted by atomic mass is 32.2. The second-order valence-corrected chi connectivity index (χ2v) is 7.10. The van der Waals surface area contributed by atoms with Crippen molar-refractivity contribution in [2.45, 2.75) is 56.9 Å². The Bertz CT molecular complexity index is 417. The van der Waals surface area contributed by atoms with Gasteiger partial charge in [-0.05, 0) is 29.9 Å². The molecule has 1 fully saturated rings. The van der Waals surface area contributed by atoms with E-state index in [1.54, 1.807) is 11.1 Å². The number of hydrogen-bond donors (Lipinski definition) is 1. The number of hydrogen-bond acceptors (Lipinski definition) is 2. The summed E-state index contributed by atoms with van der Waals surface area (Å²) < 4.78 is 0. The monoisotopic (exact) mass is 275 g/mol. The van der Waals surface area contributed by atoms with Gasteiger partial charge in [-0.15, -0.1) is 0 Å². The largest absolute Gasteiger partial charge is 0.306 e. The Morgan fingerprint density at radius 2 is 2.16 bits per heavy atom. The Morgan fingerprint density at radius 3 is 3.05 bits per heavy atom. The van der Waals surface area contributed by atoms with Crippen LogP contribution in [0, 0.1) is 5.92 Å². The number of nitrogens with one attached hydrogen (secondary N) is 1. The van der Waals surface area contributed by atoms with Crippen LogP contribution in [0.1, 0.15) is 56.2 Å². The van der Waals surface area contributed by atoms with Crippen molar-refractivity contribution in [2.75, 3.05) is 5.75 Å². The van der Waals surface area contributed by atoms with Gasteiger partial charge in [0.2, 0.25) is 0 Å². The molecule has 3 atom stereocenters. The summed E-state index contributed by atoms with van der Waals surface area (Å²) in [5.74, 6) is 3.39. The zero-order valence-electron chi connectivity index (χ0n) is 11.9.